The Bertz CT molecular complexity index is 510. The number of hydrogen-bond acceptors (Lipinski definition) is 4. The van der Waals surface area contributed by atoms with E-state index in [1.807, 2.05) is 0 Å². The van der Waals surface area contributed by atoms with Crippen LogP contribution in [0.15, 0.2) is 22.7 Å². The smallest absolute Gasteiger partial charge is 0.325 e. The molecule has 0 radical (unpaired) electrons. The van der Waals surface area contributed by atoms with E-state index in [-0.39, 0.29) is 25.6 Å². The first-order chi connectivity index (χ1) is 10.0. The van der Waals surface area contributed by atoms with Gasteiger partial charge >= 0.3 is 5.97 Å². The summed E-state index contributed by atoms with van der Waals surface area (Å²) < 4.78 is 10.5. The third-order valence-electron chi connectivity index (χ3n) is 2.66. The molecule has 116 valence electrons. The van der Waals surface area contributed by atoms with Crippen LogP contribution in [0.25, 0.3) is 0 Å². The third kappa shape index (κ3) is 5.30. The van der Waals surface area contributed by atoms with Gasteiger partial charge in [-0.1, -0.05) is 17.7 Å². The van der Waals surface area contributed by atoms with Gasteiger partial charge in [0.1, 0.15) is 6.54 Å². The number of ether oxygens (including phenoxy) is 2. The summed E-state index contributed by atoms with van der Waals surface area (Å²) in [5.41, 5.74) is 0.325. The lowest BCUT2D eigenvalue weighted by Gasteiger charge is -2.22. The molecule has 0 aliphatic carbocycles. The second-order valence-corrected chi connectivity index (χ2v) is 5.36. The van der Waals surface area contributed by atoms with Crippen molar-refractivity contribution in [3.8, 4) is 0 Å². The Labute approximate surface area is 137 Å². The molecular formula is C14H17BrClNO4. The van der Waals surface area contributed by atoms with Gasteiger partial charge in [0, 0.05) is 18.1 Å². The van der Waals surface area contributed by atoms with Crippen molar-refractivity contribution in [2.24, 2.45) is 0 Å². The predicted molar refractivity (Wildman–Crippen MR) is 83.6 cm³/mol. The largest absolute Gasteiger partial charge is 0.465 e. The van der Waals surface area contributed by atoms with Crippen LogP contribution in [0, 0.1) is 0 Å². The number of benzene rings is 1. The Kier molecular flexibility index (Phi) is 7.71. The third-order valence-corrected chi connectivity index (χ3v) is 3.96. The van der Waals surface area contributed by atoms with Gasteiger partial charge in [-0.3, -0.25) is 9.59 Å². The van der Waals surface area contributed by atoms with Crippen molar-refractivity contribution in [2.75, 3.05) is 33.4 Å². The quantitative estimate of drug-likeness (QED) is 0.685. The molecule has 0 bridgehead atoms. The number of carbonyl (C=O) groups is 2. The molecule has 0 fully saturated rings. The van der Waals surface area contributed by atoms with Crippen molar-refractivity contribution < 1.29 is 19.1 Å². The lowest BCUT2D eigenvalue weighted by Crippen LogP contribution is -2.38. The zero-order valence-electron chi connectivity index (χ0n) is 11.9. The van der Waals surface area contributed by atoms with Crippen molar-refractivity contribution in [2.45, 2.75) is 6.92 Å². The number of carbonyl (C=O) groups excluding carboxylic acids is 2. The van der Waals surface area contributed by atoms with Gasteiger partial charge < -0.3 is 14.4 Å². The van der Waals surface area contributed by atoms with E-state index >= 15 is 0 Å². The summed E-state index contributed by atoms with van der Waals surface area (Å²) >= 11 is 9.39. The summed E-state index contributed by atoms with van der Waals surface area (Å²) in [5.74, 6) is -0.806. The maximum Gasteiger partial charge on any atom is 0.325 e. The molecule has 0 saturated carbocycles. The first kappa shape index (κ1) is 17.9. The maximum absolute atomic E-state index is 12.5. The summed E-state index contributed by atoms with van der Waals surface area (Å²) in [6.45, 7) is 2.43. The molecule has 5 nitrogen and oxygen atoms in total. The number of hydrogen-bond donors (Lipinski definition) is 0. The van der Waals surface area contributed by atoms with Crippen LogP contribution < -0.4 is 0 Å². The van der Waals surface area contributed by atoms with Gasteiger partial charge in [-0.2, -0.15) is 0 Å². The Morgan fingerprint density at radius 3 is 2.71 bits per heavy atom. The van der Waals surface area contributed by atoms with Crippen molar-refractivity contribution in [3.63, 3.8) is 0 Å². The molecule has 0 N–H and O–H groups in total. The second-order valence-electron chi connectivity index (χ2n) is 4.13. The van der Waals surface area contributed by atoms with Gasteiger partial charge in [0.05, 0.1) is 23.8 Å². The van der Waals surface area contributed by atoms with Crippen molar-refractivity contribution in [3.05, 3.63) is 33.3 Å². The molecule has 0 aromatic heterocycles. The van der Waals surface area contributed by atoms with E-state index < -0.39 is 5.97 Å². The van der Waals surface area contributed by atoms with Crippen molar-refractivity contribution in [1.29, 1.82) is 0 Å². The van der Waals surface area contributed by atoms with E-state index in [4.69, 9.17) is 21.1 Å². The van der Waals surface area contributed by atoms with Gasteiger partial charge in [0.25, 0.3) is 5.91 Å². The van der Waals surface area contributed by atoms with E-state index in [2.05, 4.69) is 15.9 Å². The minimum atomic E-state index is -0.465. The Hall–Kier alpha value is -1.11. The van der Waals surface area contributed by atoms with Gasteiger partial charge in [-0.25, -0.2) is 0 Å². The van der Waals surface area contributed by atoms with Gasteiger partial charge in [-0.05, 0) is 35.0 Å². The average molecular weight is 379 g/mol. The highest BCUT2D eigenvalue weighted by molar-refractivity contribution is 9.10. The molecule has 0 heterocycles. The van der Waals surface area contributed by atoms with Gasteiger partial charge in [0.2, 0.25) is 0 Å². The standard InChI is InChI=1S/C14H17BrClNO4/c1-3-21-12(18)9-17(7-8-20-2)14(19)10-5-4-6-11(15)13(10)16/h4-6H,3,7-9H2,1-2H3. The lowest BCUT2D eigenvalue weighted by molar-refractivity contribution is -0.143. The summed E-state index contributed by atoms with van der Waals surface area (Å²) in [6.07, 6.45) is 0. The SMILES string of the molecule is CCOC(=O)CN(CCOC)C(=O)c1cccc(Br)c1Cl. The number of rotatable bonds is 7. The first-order valence-electron chi connectivity index (χ1n) is 6.39. The van der Waals surface area contributed by atoms with Crippen LogP contribution >= 0.6 is 27.5 Å². The zero-order chi connectivity index (χ0) is 15.8. The molecule has 0 spiro atoms. The summed E-state index contributed by atoms with van der Waals surface area (Å²) in [4.78, 5) is 25.5. The minimum Gasteiger partial charge on any atom is -0.465 e. The van der Waals surface area contributed by atoms with E-state index in [0.717, 1.165) is 0 Å². The van der Waals surface area contributed by atoms with Crippen LogP contribution in [0.5, 0.6) is 0 Å². The molecule has 1 aromatic carbocycles. The van der Waals surface area contributed by atoms with E-state index in [1.54, 1.807) is 25.1 Å². The highest BCUT2D eigenvalue weighted by Crippen LogP contribution is 2.26. The number of nitrogens with zero attached hydrogens (tertiary/aromatic N) is 1. The molecule has 7 heteroatoms. The molecule has 1 rings (SSSR count). The molecule has 0 unspecified atom stereocenters. The highest BCUT2D eigenvalue weighted by Gasteiger charge is 2.22. The van der Waals surface area contributed by atoms with Crippen LogP contribution in [-0.4, -0.2) is 50.2 Å². The molecule has 0 atom stereocenters. The molecule has 1 aromatic rings. The Morgan fingerprint density at radius 1 is 1.38 bits per heavy atom. The fourth-order valence-corrected chi connectivity index (χ4v) is 2.23. The van der Waals surface area contributed by atoms with Crippen LogP contribution in [-0.2, 0) is 14.3 Å². The predicted octanol–water partition coefficient (Wildman–Crippen LogP) is 2.75. The molecule has 1 amide bonds. The fourth-order valence-electron chi connectivity index (χ4n) is 1.66. The molecule has 0 saturated heterocycles. The van der Waals surface area contributed by atoms with Crippen LogP contribution in [0.1, 0.15) is 17.3 Å². The molecular weight excluding hydrogens is 362 g/mol. The highest BCUT2D eigenvalue weighted by atomic mass is 79.9. The van der Waals surface area contributed by atoms with Crippen LogP contribution in [0.2, 0.25) is 5.02 Å². The fraction of sp³-hybridized carbons (Fsp3) is 0.429. The molecule has 0 aliphatic rings. The number of methoxy groups -OCH3 is 1. The van der Waals surface area contributed by atoms with E-state index in [0.29, 0.717) is 21.7 Å². The van der Waals surface area contributed by atoms with Crippen LogP contribution in [0.3, 0.4) is 0 Å². The summed E-state index contributed by atoms with van der Waals surface area (Å²) in [6, 6.07) is 5.06. The average Bonchev–Trinajstić information content (AvgIpc) is 2.46. The maximum atomic E-state index is 12.5. The monoisotopic (exact) mass is 377 g/mol. The topological polar surface area (TPSA) is 55.8 Å². The van der Waals surface area contributed by atoms with E-state index in [1.165, 1.54) is 12.0 Å². The van der Waals surface area contributed by atoms with Crippen molar-refractivity contribution >= 4 is 39.4 Å². The molecule has 21 heavy (non-hydrogen) atoms. The van der Waals surface area contributed by atoms with E-state index in [9.17, 15) is 9.59 Å². The Balaban J connectivity index is 2.93. The lowest BCUT2D eigenvalue weighted by atomic mass is 10.2. The summed E-state index contributed by atoms with van der Waals surface area (Å²) in [5, 5.41) is 0.314. The molecule has 0 aliphatic heterocycles. The Morgan fingerprint density at radius 2 is 2.10 bits per heavy atom. The van der Waals surface area contributed by atoms with Gasteiger partial charge in [-0.15, -0.1) is 0 Å². The zero-order valence-corrected chi connectivity index (χ0v) is 14.2. The van der Waals surface area contributed by atoms with Crippen LogP contribution in [0.4, 0.5) is 0 Å². The van der Waals surface area contributed by atoms with Crippen molar-refractivity contribution in [1.82, 2.24) is 4.90 Å². The summed E-state index contributed by atoms with van der Waals surface area (Å²) in [7, 11) is 1.53. The van der Waals surface area contributed by atoms with Gasteiger partial charge in [0.15, 0.2) is 0 Å². The number of amides is 1. The second kappa shape index (κ2) is 9.02. The minimum absolute atomic E-state index is 0.140. The number of esters is 1. The normalized spacial score (nSPS) is 10.3. The number of halogens is 2. The first-order valence-corrected chi connectivity index (χ1v) is 7.56.